The third kappa shape index (κ3) is 2.27. The first-order valence-electron chi connectivity index (χ1n) is 6.23. The zero-order valence-electron chi connectivity index (χ0n) is 11.0. The van der Waals surface area contributed by atoms with Gasteiger partial charge in [-0.2, -0.15) is 0 Å². The summed E-state index contributed by atoms with van der Waals surface area (Å²) in [5, 5.41) is 10.1. The maximum atomic E-state index is 10.1. The van der Waals surface area contributed by atoms with Crippen molar-refractivity contribution >= 4 is 0 Å². The third-order valence-electron chi connectivity index (χ3n) is 3.87. The average molecular weight is 228 g/mol. The minimum atomic E-state index is -0.539. The Hall–Kier alpha value is -0.120. The Balaban J connectivity index is 2.11. The first kappa shape index (κ1) is 12.3. The summed E-state index contributed by atoms with van der Waals surface area (Å²) in [5.41, 5.74) is 0.224. The molecular formula is C13H24O3. The maximum absolute atomic E-state index is 10.1. The van der Waals surface area contributed by atoms with E-state index in [2.05, 4.69) is 20.8 Å². The lowest BCUT2D eigenvalue weighted by molar-refractivity contribution is -0.153. The number of fused-ring (bicyclic) bond motifs is 1. The topological polar surface area (TPSA) is 38.7 Å². The van der Waals surface area contributed by atoms with Crippen LogP contribution in [0.25, 0.3) is 0 Å². The number of aliphatic hydroxyl groups is 1. The molecule has 0 unspecified atom stereocenters. The van der Waals surface area contributed by atoms with Gasteiger partial charge in [0.2, 0.25) is 0 Å². The fraction of sp³-hybridized carbons (Fsp3) is 1.00. The summed E-state index contributed by atoms with van der Waals surface area (Å²) >= 11 is 0. The van der Waals surface area contributed by atoms with E-state index in [1.54, 1.807) is 0 Å². The molecule has 2 fully saturated rings. The van der Waals surface area contributed by atoms with Gasteiger partial charge in [0.15, 0.2) is 5.79 Å². The molecule has 0 bridgehead atoms. The second-order valence-electron chi connectivity index (χ2n) is 6.74. The van der Waals surface area contributed by atoms with E-state index in [4.69, 9.17) is 9.47 Å². The van der Waals surface area contributed by atoms with Gasteiger partial charge in [-0.1, -0.05) is 20.8 Å². The van der Waals surface area contributed by atoms with Crippen molar-refractivity contribution < 1.29 is 14.6 Å². The van der Waals surface area contributed by atoms with Gasteiger partial charge in [-0.15, -0.1) is 0 Å². The molecule has 16 heavy (non-hydrogen) atoms. The number of hydrogen-bond acceptors (Lipinski definition) is 3. The molecule has 3 nitrogen and oxygen atoms in total. The smallest absolute Gasteiger partial charge is 0.163 e. The van der Waals surface area contributed by atoms with E-state index >= 15 is 0 Å². The van der Waals surface area contributed by atoms with Gasteiger partial charge in [-0.3, -0.25) is 0 Å². The molecule has 4 atom stereocenters. The molecule has 1 aliphatic heterocycles. The van der Waals surface area contributed by atoms with E-state index in [0.29, 0.717) is 5.92 Å². The van der Waals surface area contributed by atoms with E-state index in [9.17, 15) is 5.11 Å². The average Bonchev–Trinajstić information content (AvgIpc) is 2.38. The van der Waals surface area contributed by atoms with Crippen LogP contribution in [0.2, 0.25) is 0 Å². The Morgan fingerprint density at radius 3 is 2.31 bits per heavy atom. The highest BCUT2D eigenvalue weighted by Gasteiger charge is 2.50. The molecule has 0 aromatic carbocycles. The first-order valence-corrected chi connectivity index (χ1v) is 6.23. The summed E-state index contributed by atoms with van der Waals surface area (Å²) in [7, 11) is 0. The summed E-state index contributed by atoms with van der Waals surface area (Å²) < 4.78 is 11.6. The van der Waals surface area contributed by atoms with Gasteiger partial charge in [0.05, 0.1) is 12.2 Å². The predicted molar refractivity (Wildman–Crippen MR) is 62.0 cm³/mol. The van der Waals surface area contributed by atoms with Crippen molar-refractivity contribution in [2.75, 3.05) is 0 Å². The van der Waals surface area contributed by atoms with E-state index in [-0.39, 0.29) is 23.7 Å². The molecule has 1 saturated heterocycles. The fourth-order valence-electron chi connectivity index (χ4n) is 2.88. The fourth-order valence-corrected chi connectivity index (χ4v) is 2.88. The van der Waals surface area contributed by atoms with E-state index in [1.165, 1.54) is 0 Å². The van der Waals surface area contributed by atoms with Gasteiger partial charge >= 0.3 is 0 Å². The van der Waals surface area contributed by atoms with Crippen LogP contribution in [0, 0.1) is 11.3 Å². The summed E-state index contributed by atoms with van der Waals surface area (Å²) in [4.78, 5) is 0. The SMILES string of the molecule is CC1(C)O[C@H]2[C@H](C[C@H](C(C)(C)C)C[C@@H]2O)O1. The summed E-state index contributed by atoms with van der Waals surface area (Å²) in [6, 6.07) is 0. The highest BCUT2D eigenvalue weighted by atomic mass is 16.8. The van der Waals surface area contributed by atoms with Crippen LogP contribution in [0.15, 0.2) is 0 Å². The highest BCUT2D eigenvalue weighted by Crippen LogP contribution is 2.44. The second-order valence-corrected chi connectivity index (χ2v) is 6.74. The van der Waals surface area contributed by atoms with Gasteiger partial charge in [-0.05, 0) is 38.0 Å². The largest absolute Gasteiger partial charge is 0.390 e. The Bertz CT molecular complexity index is 267. The van der Waals surface area contributed by atoms with Crippen LogP contribution >= 0.6 is 0 Å². The molecule has 1 N–H and O–H groups in total. The Kier molecular flexibility index (Phi) is 2.84. The second kappa shape index (κ2) is 3.69. The lowest BCUT2D eigenvalue weighted by atomic mass is 9.70. The summed E-state index contributed by atoms with van der Waals surface area (Å²) in [6.45, 7) is 10.5. The Morgan fingerprint density at radius 2 is 1.75 bits per heavy atom. The van der Waals surface area contributed by atoms with Crippen molar-refractivity contribution in [3.05, 3.63) is 0 Å². The molecule has 1 heterocycles. The Morgan fingerprint density at radius 1 is 1.12 bits per heavy atom. The van der Waals surface area contributed by atoms with Gasteiger partial charge in [0.1, 0.15) is 6.10 Å². The lowest BCUT2D eigenvalue weighted by Crippen LogP contribution is -2.45. The predicted octanol–water partition coefficient (Wildman–Crippen LogP) is 2.32. The monoisotopic (exact) mass is 228 g/mol. The van der Waals surface area contributed by atoms with Gasteiger partial charge < -0.3 is 14.6 Å². The van der Waals surface area contributed by atoms with Crippen LogP contribution in [0.5, 0.6) is 0 Å². The molecule has 2 rings (SSSR count). The van der Waals surface area contributed by atoms with Crippen molar-refractivity contribution in [1.82, 2.24) is 0 Å². The van der Waals surface area contributed by atoms with Crippen molar-refractivity contribution in [3.8, 4) is 0 Å². The van der Waals surface area contributed by atoms with Crippen LogP contribution < -0.4 is 0 Å². The van der Waals surface area contributed by atoms with Crippen LogP contribution in [-0.4, -0.2) is 29.2 Å². The molecule has 1 saturated carbocycles. The normalized spacial score (nSPS) is 43.1. The van der Waals surface area contributed by atoms with Crippen LogP contribution in [-0.2, 0) is 9.47 Å². The quantitative estimate of drug-likeness (QED) is 0.691. The summed E-state index contributed by atoms with van der Waals surface area (Å²) in [6.07, 6.45) is 1.36. The van der Waals surface area contributed by atoms with Crippen molar-refractivity contribution in [1.29, 1.82) is 0 Å². The van der Waals surface area contributed by atoms with Gasteiger partial charge in [-0.25, -0.2) is 0 Å². The molecule has 94 valence electrons. The zero-order valence-corrected chi connectivity index (χ0v) is 11.0. The summed E-state index contributed by atoms with van der Waals surface area (Å²) in [5.74, 6) is -0.0374. The first-order chi connectivity index (χ1) is 7.19. The highest BCUT2D eigenvalue weighted by molar-refractivity contribution is 4.96. The van der Waals surface area contributed by atoms with E-state index in [0.717, 1.165) is 12.8 Å². The third-order valence-corrected chi connectivity index (χ3v) is 3.87. The standard InChI is InChI=1S/C13H24O3/c1-12(2,3)8-6-9(14)11-10(7-8)15-13(4,5)16-11/h8-11,14H,6-7H2,1-5H3/t8-,9+,10+,11-/m1/s1. The van der Waals surface area contributed by atoms with Crippen LogP contribution in [0.4, 0.5) is 0 Å². The van der Waals surface area contributed by atoms with E-state index in [1.807, 2.05) is 13.8 Å². The molecule has 3 heteroatoms. The Labute approximate surface area is 98.1 Å². The lowest BCUT2D eigenvalue weighted by Gasteiger charge is -2.40. The molecule has 0 radical (unpaired) electrons. The maximum Gasteiger partial charge on any atom is 0.163 e. The van der Waals surface area contributed by atoms with Crippen molar-refractivity contribution in [2.24, 2.45) is 11.3 Å². The molecule has 2 aliphatic rings. The van der Waals surface area contributed by atoms with Crippen molar-refractivity contribution in [2.45, 2.75) is 71.6 Å². The number of hydrogen-bond donors (Lipinski definition) is 1. The van der Waals surface area contributed by atoms with E-state index < -0.39 is 5.79 Å². The van der Waals surface area contributed by atoms with Gasteiger partial charge in [0, 0.05) is 0 Å². The molecule has 0 amide bonds. The molecule has 1 aliphatic carbocycles. The molecule has 0 spiro atoms. The van der Waals surface area contributed by atoms with Crippen molar-refractivity contribution in [3.63, 3.8) is 0 Å². The van der Waals surface area contributed by atoms with Gasteiger partial charge in [0.25, 0.3) is 0 Å². The molecule has 0 aromatic rings. The van der Waals surface area contributed by atoms with Crippen LogP contribution in [0.3, 0.4) is 0 Å². The zero-order chi connectivity index (χ0) is 12.1. The minimum absolute atomic E-state index is 0.0583. The number of ether oxygens (including phenoxy) is 2. The van der Waals surface area contributed by atoms with Crippen LogP contribution in [0.1, 0.15) is 47.5 Å². The number of aliphatic hydroxyl groups excluding tert-OH is 1. The molecule has 0 aromatic heterocycles. The molecular weight excluding hydrogens is 204 g/mol. The number of rotatable bonds is 0. The minimum Gasteiger partial charge on any atom is -0.390 e.